The van der Waals surface area contributed by atoms with Crippen molar-refractivity contribution in [2.24, 2.45) is 0 Å². The summed E-state index contributed by atoms with van der Waals surface area (Å²) in [5.41, 5.74) is 4.08. The zero-order chi connectivity index (χ0) is 15.2. The van der Waals surface area contributed by atoms with Crippen molar-refractivity contribution in [1.29, 1.82) is 0 Å². The molecule has 0 saturated heterocycles. The lowest BCUT2D eigenvalue weighted by atomic mass is 10.1. The van der Waals surface area contributed by atoms with Crippen molar-refractivity contribution in [2.75, 3.05) is 5.75 Å². The van der Waals surface area contributed by atoms with Gasteiger partial charge in [-0.15, -0.1) is 0 Å². The van der Waals surface area contributed by atoms with Gasteiger partial charge in [-0.3, -0.25) is 0 Å². The molecule has 0 heterocycles. The second-order valence-electron chi connectivity index (χ2n) is 6.76. The van der Waals surface area contributed by atoms with Crippen LogP contribution in [0.2, 0.25) is 16.6 Å². The predicted molar refractivity (Wildman–Crippen MR) is 98.3 cm³/mol. The van der Waals surface area contributed by atoms with E-state index in [1.807, 2.05) is 0 Å². The minimum atomic E-state index is -1.25. The first-order valence-corrected chi connectivity index (χ1v) is 12.0. The smallest absolute Gasteiger partial charge is 0.124 e. The van der Waals surface area contributed by atoms with Crippen LogP contribution in [0.5, 0.6) is 0 Å². The average Bonchev–Trinajstić information content (AvgIpc) is 2.38. The Bertz CT molecular complexity index is 348. The summed E-state index contributed by atoms with van der Waals surface area (Å²) in [7, 11) is -1.25. The molecule has 0 spiro atoms. The second-order valence-corrected chi connectivity index (χ2v) is 15.6. The van der Waals surface area contributed by atoms with Crippen molar-refractivity contribution in [3.05, 3.63) is 35.9 Å². The van der Waals surface area contributed by atoms with E-state index in [1.165, 1.54) is 24.2 Å². The predicted octanol–water partition coefficient (Wildman–Crippen LogP) is 6.53. The molecule has 114 valence electrons. The molecule has 0 aliphatic rings. The molecule has 0 unspecified atom stereocenters. The van der Waals surface area contributed by atoms with Crippen LogP contribution in [-0.4, -0.2) is 13.0 Å². The third kappa shape index (κ3) is 4.39. The summed E-state index contributed by atoms with van der Waals surface area (Å²) in [5, 5.41) is 0. The molecular weight excluding hydrogens is 276 g/mol. The van der Waals surface area contributed by atoms with Gasteiger partial charge in [0.15, 0.2) is 0 Å². The van der Waals surface area contributed by atoms with E-state index in [-0.39, 0.29) is 0 Å². The van der Waals surface area contributed by atoms with Crippen LogP contribution >= 0.6 is 11.2 Å². The summed E-state index contributed by atoms with van der Waals surface area (Å²) in [4.78, 5) is 0. The molecule has 0 saturated carbocycles. The molecule has 0 fully saturated rings. The highest BCUT2D eigenvalue weighted by molar-refractivity contribution is 8.29. The summed E-state index contributed by atoms with van der Waals surface area (Å²) in [6.45, 7) is 14.7. The summed E-state index contributed by atoms with van der Waals surface area (Å²) in [5.74, 6) is 1.33. The summed E-state index contributed by atoms with van der Waals surface area (Å²) >= 11 is 2.35. The third-order valence-corrected chi connectivity index (χ3v) is 17.3. The topological polar surface area (TPSA) is 0 Å². The number of rotatable bonds is 8. The molecular formula is C18H32SSi. The van der Waals surface area contributed by atoms with Crippen molar-refractivity contribution in [3.8, 4) is 0 Å². The van der Waals surface area contributed by atoms with Crippen LogP contribution < -0.4 is 0 Å². The maximum absolute atomic E-state index is 2.45. The van der Waals surface area contributed by atoms with Crippen LogP contribution in [0.4, 0.5) is 0 Å². The van der Waals surface area contributed by atoms with Gasteiger partial charge in [0.1, 0.15) is 7.22 Å². The molecule has 0 aliphatic heterocycles. The largest absolute Gasteiger partial charge is 0.184 e. The minimum absolute atomic E-state index is 0.865. The molecule has 2 heteroatoms. The zero-order valence-electron chi connectivity index (χ0n) is 14.1. The monoisotopic (exact) mass is 308 g/mol. The zero-order valence-corrected chi connectivity index (χ0v) is 16.0. The number of benzene rings is 1. The molecule has 0 N–H and O–H groups in total. The molecule has 0 atom stereocenters. The fraction of sp³-hybridized carbons (Fsp3) is 0.667. The van der Waals surface area contributed by atoms with Gasteiger partial charge < -0.3 is 0 Å². The molecule has 0 aromatic heterocycles. The van der Waals surface area contributed by atoms with E-state index < -0.39 is 7.22 Å². The highest BCUT2D eigenvalue weighted by atomic mass is 32.4. The SMILES string of the molecule is CC(C)[Si](SCCCc1ccccc1)(C(C)C)C(C)C. The Morgan fingerprint density at radius 3 is 1.80 bits per heavy atom. The molecule has 1 aromatic rings. The Morgan fingerprint density at radius 1 is 0.850 bits per heavy atom. The third-order valence-electron chi connectivity index (χ3n) is 4.51. The first-order valence-electron chi connectivity index (χ1n) is 8.09. The fourth-order valence-corrected chi connectivity index (χ4v) is 13.8. The molecule has 1 rings (SSSR count). The van der Waals surface area contributed by atoms with Crippen molar-refractivity contribution in [3.63, 3.8) is 0 Å². The van der Waals surface area contributed by atoms with E-state index in [1.54, 1.807) is 0 Å². The van der Waals surface area contributed by atoms with Gasteiger partial charge in [0.05, 0.1) is 0 Å². The fourth-order valence-electron chi connectivity index (χ4n) is 3.67. The van der Waals surface area contributed by atoms with Crippen LogP contribution in [0.3, 0.4) is 0 Å². The van der Waals surface area contributed by atoms with E-state index in [4.69, 9.17) is 0 Å². The Morgan fingerprint density at radius 2 is 1.35 bits per heavy atom. The molecule has 0 bridgehead atoms. The highest BCUT2D eigenvalue weighted by Crippen LogP contribution is 2.49. The Balaban J connectivity index is 2.55. The minimum Gasteiger partial charge on any atom is -0.184 e. The van der Waals surface area contributed by atoms with Gasteiger partial charge in [0.25, 0.3) is 0 Å². The lowest BCUT2D eigenvalue weighted by Gasteiger charge is -2.42. The van der Waals surface area contributed by atoms with Crippen LogP contribution in [0, 0.1) is 0 Å². The van der Waals surface area contributed by atoms with Crippen molar-refractivity contribution >= 4 is 18.4 Å². The van der Waals surface area contributed by atoms with E-state index in [9.17, 15) is 0 Å². The maximum Gasteiger partial charge on any atom is 0.124 e. The molecule has 0 nitrogen and oxygen atoms in total. The van der Waals surface area contributed by atoms with Crippen molar-refractivity contribution < 1.29 is 0 Å². The Hall–Kier alpha value is -0.213. The van der Waals surface area contributed by atoms with E-state index in [0.717, 1.165) is 16.6 Å². The first-order chi connectivity index (χ1) is 9.41. The normalized spacial score (nSPS) is 12.7. The van der Waals surface area contributed by atoms with Gasteiger partial charge in [-0.25, -0.2) is 0 Å². The van der Waals surface area contributed by atoms with Gasteiger partial charge in [-0.2, -0.15) is 11.2 Å². The van der Waals surface area contributed by atoms with Gasteiger partial charge >= 0.3 is 0 Å². The van der Waals surface area contributed by atoms with E-state index in [0.29, 0.717) is 0 Å². The highest BCUT2D eigenvalue weighted by Gasteiger charge is 2.43. The van der Waals surface area contributed by atoms with Crippen molar-refractivity contribution in [1.82, 2.24) is 0 Å². The van der Waals surface area contributed by atoms with Gasteiger partial charge in [0.2, 0.25) is 0 Å². The quantitative estimate of drug-likeness (QED) is 0.389. The molecule has 20 heavy (non-hydrogen) atoms. The molecule has 0 aliphatic carbocycles. The van der Waals surface area contributed by atoms with Crippen LogP contribution in [0.15, 0.2) is 30.3 Å². The molecule has 0 amide bonds. The average molecular weight is 309 g/mol. The number of hydrogen-bond donors (Lipinski definition) is 0. The Kier molecular flexibility index (Phi) is 7.39. The second kappa shape index (κ2) is 8.28. The lowest BCUT2D eigenvalue weighted by molar-refractivity contribution is 0.849. The van der Waals surface area contributed by atoms with E-state index in [2.05, 4.69) is 83.1 Å². The van der Waals surface area contributed by atoms with Gasteiger partial charge in [-0.05, 0) is 40.8 Å². The molecule has 0 radical (unpaired) electrons. The lowest BCUT2D eigenvalue weighted by Crippen LogP contribution is -2.41. The van der Waals surface area contributed by atoms with Crippen LogP contribution in [-0.2, 0) is 6.42 Å². The summed E-state index contributed by atoms with van der Waals surface area (Å²) < 4.78 is 0. The van der Waals surface area contributed by atoms with E-state index >= 15 is 0 Å². The van der Waals surface area contributed by atoms with Gasteiger partial charge in [0, 0.05) is 0 Å². The number of hydrogen-bond acceptors (Lipinski definition) is 1. The summed E-state index contributed by atoms with van der Waals surface area (Å²) in [6.07, 6.45) is 2.54. The van der Waals surface area contributed by atoms with Gasteiger partial charge in [-0.1, -0.05) is 71.9 Å². The first kappa shape index (κ1) is 17.8. The maximum atomic E-state index is 2.45. The molecule has 1 aromatic carbocycles. The standard InChI is InChI=1S/C18H32SSi/c1-15(2)20(16(3)4,17(5)6)19-14-10-13-18-11-8-7-9-12-18/h7-9,11-12,15-17H,10,13-14H2,1-6H3. The Labute approximate surface area is 131 Å². The number of aryl methyl sites for hydroxylation is 1. The summed E-state index contributed by atoms with van der Waals surface area (Å²) in [6, 6.07) is 10.9. The van der Waals surface area contributed by atoms with Crippen LogP contribution in [0.25, 0.3) is 0 Å². The van der Waals surface area contributed by atoms with Crippen molar-refractivity contribution in [2.45, 2.75) is 71.0 Å². The van der Waals surface area contributed by atoms with Crippen LogP contribution in [0.1, 0.15) is 53.5 Å².